The molecule has 1 saturated carbocycles. The lowest BCUT2D eigenvalue weighted by Gasteiger charge is -2.47. The highest BCUT2D eigenvalue weighted by atomic mass is 16.5. The standard InChI is InChI=1S/C21H32O3/c1-14(2)17-11-15(7-9-18(17)24-6)8-10-19-20(3,4)12-16(22)13-21(19,5)23/h7,9,11,14,19,23H,8,10,12-13H2,1-6H3. The summed E-state index contributed by atoms with van der Waals surface area (Å²) >= 11 is 0. The Hall–Kier alpha value is -1.35. The Kier molecular flexibility index (Phi) is 5.44. The van der Waals surface area contributed by atoms with E-state index >= 15 is 0 Å². The largest absolute Gasteiger partial charge is 0.496 e. The van der Waals surface area contributed by atoms with Gasteiger partial charge in [0.2, 0.25) is 0 Å². The number of hydrogen-bond donors (Lipinski definition) is 1. The molecule has 0 saturated heterocycles. The van der Waals surface area contributed by atoms with Gasteiger partial charge in [0.05, 0.1) is 12.7 Å². The minimum absolute atomic E-state index is 0.118. The van der Waals surface area contributed by atoms with Crippen LogP contribution in [0.4, 0.5) is 0 Å². The van der Waals surface area contributed by atoms with Crippen LogP contribution in [0.3, 0.4) is 0 Å². The van der Waals surface area contributed by atoms with Crippen LogP contribution in [-0.2, 0) is 11.2 Å². The maximum absolute atomic E-state index is 11.9. The van der Waals surface area contributed by atoms with Gasteiger partial charge < -0.3 is 9.84 Å². The SMILES string of the molecule is COc1ccc(CCC2C(C)(C)CC(=O)CC2(C)O)cc1C(C)C. The Morgan fingerprint density at radius 3 is 2.46 bits per heavy atom. The quantitative estimate of drug-likeness (QED) is 0.863. The fourth-order valence-electron chi connectivity index (χ4n) is 4.46. The molecule has 2 rings (SSSR count). The van der Waals surface area contributed by atoms with Crippen molar-refractivity contribution >= 4 is 5.78 Å². The van der Waals surface area contributed by atoms with E-state index in [1.807, 2.05) is 13.0 Å². The van der Waals surface area contributed by atoms with E-state index in [0.717, 1.165) is 18.6 Å². The molecule has 0 amide bonds. The van der Waals surface area contributed by atoms with Gasteiger partial charge in [0.1, 0.15) is 11.5 Å². The number of methoxy groups -OCH3 is 1. The summed E-state index contributed by atoms with van der Waals surface area (Å²) in [6, 6.07) is 6.37. The van der Waals surface area contributed by atoms with Crippen LogP contribution in [0.2, 0.25) is 0 Å². The topological polar surface area (TPSA) is 46.5 Å². The summed E-state index contributed by atoms with van der Waals surface area (Å²) < 4.78 is 5.46. The van der Waals surface area contributed by atoms with Gasteiger partial charge in [-0.3, -0.25) is 4.79 Å². The van der Waals surface area contributed by atoms with Gasteiger partial charge in [-0.2, -0.15) is 0 Å². The van der Waals surface area contributed by atoms with Gasteiger partial charge >= 0.3 is 0 Å². The van der Waals surface area contributed by atoms with Gasteiger partial charge in [0.25, 0.3) is 0 Å². The number of hydrogen-bond acceptors (Lipinski definition) is 3. The van der Waals surface area contributed by atoms with Gasteiger partial charge in [-0.25, -0.2) is 0 Å². The molecule has 1 aromatic carbocycles. The predicted molar refractivity (Wildman–Crippen MR) is 97.5 cm³/mol. The molecule has 2 atom stereocenters. The highest BCUT2D eigenvalue weighted by molar-refractivity contribution is 5.81. The first kappa shape index (κ1) is 19.0. The lowest BCUT2D eigenvalue weighted by molar-refractivity contribution is -0.144. The molecule has 0 bridgehead atoms. The molecule has 0 radical (unpaired) electrons. The molecular weight excluding hydrogens is 300 g/mol. The van der Waals surface area contributed by atoms with Crippen LogP contribution in [0.25, 0.3) is 0 Å². The van der Waals surface area contributed by atoms with E-state index in [0.29, 0.717) is 12.3 Å². The third-order valence-electron chi connectivity index (χ3n) is 5.54. The van der Waals surface area contributed by atoms with Crippen molar-refractivity contribution in [2.45, 2.75) is 71.8 Å². The van der Waals surface area contributed by atoms with E-state index in [1.165, 1.54) is 11.1 Å². The van der Waals surface area contributed by atoms with Gasteiger partial charge in [-0.1, -0.05) is 39.8 Å². The average molecular weight is 332 g/mol. The summed E-state index contributed by atoms with van der Waals surface area (Å²) in [5.74, 6) is 1.64. The molecule has 24 heavy (non-hydrogen) atoms. The zero-order chi connectivity index (χ0) is 18.1. The zero-order valence-electron chi connectivity index (χ0n) is 16.0. The van der Waals surface area contributed by atoms with Crippen molar-refractivity contribution in [3.8, 4) is 5.75 Å². The number of aryl methyl sites for hydroxylation is 1. The van der Waals surface area contributed by atoms with Crippen LogP contribution < -0.4 is 4.74 Å². The third kappa shape index (κ3) is 4.00. The van der Waals surface area contributed by atoms with Crippen molar-refractivity contribution in [1.29, 1.82) is 0 Å². The van der Waals surface area contributed by atoms with E-state index < -0.39 is 5.60 Å². The predicted octanol–water partition coefficient (Wildman–Crippen LogP) is 4.51. The number of benzene rings is 1. The molecule has 3 heteroatoms. The molecule has 0 aliphatic heterocycles. The number of ether oxygens (including phenoxy) is 1. The van der Waals surface area contributed by atoms with Gasteiger partial charge in [-0.15, -0.1) is 0 Å². The molecule has 1 aromatic rings. The Bertz CT molecular complexity index is 579. The molecule has 1 fully saturated rings. The molecule has 0 spiro atoms. The maximum atomic E-state index is 11.9. The second-order valence-electron chi connectivity index (χ2n) is 8.56. The summed E-state index contributed by atoms with van der Waals surface area (Å²) in [6.45, 7) is 10.4. The molecule has 3 nitrogen and oxygen atoms in total. The van der Waals surface area contributed by atoms with Crippen LogP contribution in [0.15, 0.2) is 18.2 Å². The van der Waals surface area contributed by atoms with Crippen molar-refractivity contribution < 1.29 is 14.6 Å². The molecule has 134 valence electrons. The summed E-state index contributed by atoms with van der Waals surface area (Å²) in [7, 11) is 1.71. The molecule has 1 aliphatic rings. The van der Waals surface area contributed by atoms with Crippen molar-refractivity contribution in [2.24, 2.45) is 11.3 Å². The summed E-state index contributed by atoms with van der Waals surface area (Å²) in [5.41, 5.74) is 1.42. The van der Waals surface area contributed by atoms with Crippen LogP contribution in [0, 0.1) is 11.3 Å². The van der Waals surface area contributed by atoms with E-state index in [2.05, 4.69) is 39.8 Å². The maximum Gasteiger partial charge on any atom is 0.136 e. The van der Waals surface area contributed by atoms with Crippen molar-refractivity contribution in [3.63, 3.8) is 0 Å². The average Bonchev–Trinajstić information content (AvgIpc) is 2.44. The van der Waals surface area contributed by atoms with E-state index in [-0.39, 0.29) is 23.5 Å². The van der Waals surface area contributed by atoms with Crippen LogP contribution in [0.5, 0.6) is 5.75 Å². The fourth-order valence-corrected chi connectivity index (χ4v) is 4.46. The normalized spacial score (nSPS) is 26.7. The Balaban J connectivity index is 2.17. The lowest BCUT2D eigenvalue weighted by Crippen LogP contribution is -2.50. The van der Waals surface area contributed by atoms with E-state index in [4.69, 9.17) is 4.74 Å². The van der Waals surface area contributed by atoms with E-state index in [9.17, 15) is 9.90 Å². The van der Waals surface area contributed by atoms with Crippen LogP contribution >= 0.6 is 0 Å². The van der Waals surface area contributed by atoms with E-state index in [1.54, 1.807) is 7.11 Å². The number of ketones is 1. The van der Waals surface area contributed by atoms with Gasteiger partial charge in [0, 0.05) is 12.8 Å². The fraction of sp³-hybridized carbons (Fsp3) is 0.667. The monoisotopic (exact) mass is 332 g/mol. The number of rotatable bonds is 5. The van der Waals surface area contributed by atoms with Crippen molar-refractivity contribution in [2.75, 3.05) is 7.11 Å². The molecule has 1 N–H and O–H groups in total. The minimum atomic E-state index is -0.911. The molecule has 2 unspecified atom stereocenters. The van der Waals surface area contributed by atoms with Gasteiger partial charge in [0.15, 0.2) is 0 Å². The highest BCUT2D eigenvalue weighted by Gasteiger charge is 2.48. The number of carbonyl (C=O) groups excluding carboxylic acids is 1. The van der Waals surface area contributed by atoms with Crippen molar-refractivity contribution in [1.82, 2.24) is 0 Å². The number of carbonyl (C=O) groups is 1. The first-order chi connectivity index (χ1) is 11.1. The molecular formula is C21H32O3. The first-order valence-corrected chi connectivity index (χ1v) is 8.97. The highest BCUT2D eigenvalue weighted by Crippen LogP contribution is 2.47. The molecule has 0 heterocycles. The van der Waals surface area contributed by atoms with Crippen molar-refractivity contribution in [3.05, 3.63) is 29.3 Å². The van der Waals surface area contributed by atoms with Crippen LogP contribution in [0.1, 0.15) is 70.9 Å². The lowest BCUT2D eigenvalue weighted by atomic mass is 9.60. The third-order valence-corrected chi connectivity index (χ3v) is 5.54. The Morgan fingerprint density at radius 1 is 1.25 bits per heavy atom. The molecule has 0 aromatic heterocycles. The zero-order valence-corrected chi connectivity index (χ0v) is 16.0. The van der Waals surface area contributed by atoms with Gasteiger partial charge in [-0.05, 0) is 54.2 Å². The molecule has 1 aliphatic carbocycles. The smallest absolute Gasteiger partial charge is 0.136 e. The summed E-state index contributed by atoms with van der Waals surface area (Å²) in [4.78, 5) is 11.9. The second kappa shape index (κ2) is 6.87. The number of Topliss-reactive ketones (excluding diaryl/α,β-unsaturated/α-hetero) is 1. The number of aliphatic hydroxyl groups is 1. The van der Waals surface area contributed by atoms with Crippen LogP contribution in [-0.4, -0.2) is 23.6 Å². The summed E-state index contributed by atoms with van der Waals surface area (Å²) in [5, 5.41) is 10.8. The first-order valence-electron chi connectivity index (χ1n) is 8.97. The summed E-state index contributed by atoms with van der Waals surface area (Å²) in [6.07, 6.45) is 2.63. The Labute approximate surface area is 146 Å². The minimum Gasteiger partial charge on any atom is -0.496 e. The second-order valence-corrected chi connectivity index (χ2v) is 8.56. The Morgan fingerprint density at radius 2 is 1.92 bits per heavy atom.